The molecular formula is C16H21N4O2+. The van der Waals surface area contributed by atoms with Gasteiger partial charge in [-0.1, -0.05) is 0 Å². The summed E-state index contributed by atoms with van der Waals surface area (Å²) in [6, 6.07) is 8.69. The molecule has 1 aliphatic heterocycles. The average molecular weight is 301 g/mol. The molecule has 0 aromatic heterocycles. The van der Waals surface area contributed by atoms with E-state index in [0.29, 0.717) is 24.3 Å². The van der Waals surface area contributed by atoms with Crippen LogP contribution in [0.15, 0.2) is 24.3 Å². The molecule has 2 amide bonds. The Morgan fingerprint density at radius 1 is 1.27 bits per heavy atom. The molecule has 22 heavy (non-hydrogen) atoms. The van der Waals surface area contributed by atoms with Crippen LogP contribution in [-0.4, -0.2) is 48.9 Å². The van der Waals surface area contributed by atoms with Crippen molar-refractivity contribution in [3.8, 4) is 6.07 Å². The lowest BCUT2D eigenvalue weighted by Crippen LogP contribution is -3.19. The molecule has 1 heterocycles. The molecule has 6 nitrogen and oxygen atoms in total. The van der Waals surface area contributed by atoms with E-state index in [4.69, 9.17) is 5.26 Å². The molecule has 1 aliphatic rings. The Kier molecular flexibility index (Phi) is 5.12. The van der Waals surface area contributed by atoms with Crippen LogP contribution >= 0.6 is 0 Å². The lowest BCUT2D eigenvalue weighted by atomic mass is 10.2. The highest BCUT2D eigenvalue weighted by molar-refractivity contribution is 5.93. The van der Waals surface area contributed by atoms with Crippen molar-refractivity contribution in [2.75, 3.05) is 31.5 Å². The van der Waals surface area contributed by atoms with Crippen molar-refractivity contribution in [1.29, 1.82) is 5.26 Å². The number of anilines is 1. The Hall–Kier alpha value is -2.39. The van der Waals surface area contributed by atoms with E-state index in [1.807, 2.05) is 17.9 Å². The number of amides is 2. The molecule has 116 valence electrons. The van der Waals surface area contributed by atoms with Gasteiger partial charge in [-0.2, -0.15) is 5.26 Å². The lowest BCUT2D eigenvalue weighted by Gasteiger charge is -2.34. The van der Waals surface area contributed by atoms with Crippen molar-refractivity contribution >= 4 is 17.5 Å². The van der Waals surface area contributed by atoms with E-state index in [2.05, 4.69) is 5.32 Å². The molecule has 2 rings (SSSR count). The molecule has 2 N–H and O–H groups in total. The van der Waals surface area contributed by atoms with Crippen LogP contribution in [0.1, 0.15) is 19.4 Å². The van der Waals surface area contributed by atoms with Gasteiger partial charge in [0.25, 0.3) is 5.91 Å². The largest absolute Gasteiger partial charge is 0.332 e. The van der Waals surface area contributed by atoms with E-state index in [0.717, 1.165) is 13.1 Å². The molecular weight excluding hydrogens is 280 g/mol. The van der Waals surface area contributed by atoms with Crippen LogP contribution in [0.25, 0.3) is 0 Å². The van der Waals surface area contributed by atoms with E-state index >= 15 is 0 Å². The minimum Gasteiger partial charge on any atom is -0.332 e. The summed E-state index contributed by atoms with van der Waals surface area (Å²) in [5, 5.41) is 11.6. The molecule has 0 radical (unpaired) electrons. The standard InChI is InChI=1S/C16H20N4O2/c1-12(19-7-9-20(10-8-19)13(2)21)16(22)18-15-5-3-14(11-17)4-6-15/h3-6,12H,7-10H2,1-2H3,(H,18,22)/p+1/t12-/m1/s1. The number of piperazine rings is 1. The van der Waals surface area contributed by atoms with Gasteiger partial charge < -0.3 is 15.1 Å². The van der Waals surface area contributed by atoms with E-state index in [9.17, 15) is 9.59 Å². The third kappa shape index (κ3) is 3.83. The van der Waals surface area contributed by atoms with E-state index in [1.165, 1.54) is 4.90 Å². The summed E-state index contributed by atoms with van der Waals surface area (Å²) in [5.74, 6) is 0.0460. The van der Waals surface area contributed by atoms with Crippen molar-refractivity contribution in [1.82, 2.24) is 4.90 Å². The number of nitrogens with zero attached hydrogens (tertiary/aromatic N) is 2. The molecule has 0 unspecified atom stereocenters. The number of carbonyl (C=O) groups is 2. The summed E-state index contributed by atoms with van der Waals surface area (Å²) in [7, 11) is 0. The summed E-state index contributed by atoms with van der Waals surface area (Å²) >= 11 is 0. The van der Waals surface area contributed by atoms with Crippen LogP contribution in [0.4, 0.5) is 5.69 Å². The summed E-state index contributed by atoms with van der Waals surface area (Å²) in [6.45, 7) is 6.42. The van der Waals surface area contributed by atoms with E-state index in [-0.39, 0.29) is 17.9 Å². The fraction of sp³-hybridized carbons (Fsp3) is 0.438. The zero-order valence-corrected chi connectivity index (χ0v) is 12.9. The monoisotopic (exact) mass is 301 g/mol. The average Bonchev–Trinajstić information content (AvgIpc) is 2.55. The van der Waals surface area contributed by atoms with Gasteiger partial charge in [0, 0.05) is 12.6 Å². The Morgan fingerprint density at radius 2 is 1.86 bits per heavy atom. The molecule has 1 aromatic rings. The van der Waals surface area contributed by atoms with Crippen LogP contribution in [0.5, 0.6) is 0 Å². The zero-order chi connectivity index (χ0) is 16.1. The lowest BCUT2D eigenvalue weighted by molar-refractivity contribution is -0.917. The number of carbonyl (C=O) groups excluding carboxylic acids is 2. The third-order valence-electron chi connectivity index (χ3n) is 4.14. The number of benzene rings is 1. The molecule has 0 aliphatic carbocycles. The summed E-state index contributed by atoms with van der Waals surface area (Å²) in [5.41, 5.74) is 1.26. The van der Waals surface area contributed by atoms with Gasteiger partial charge in [0.05, 0.1) is 37.8 Å². The van der Waals surface area contributed by atoms with Crippen molar-refractivity contribution in [3.05, 3.63) is 29.8 Å². The molecule has 1 saturated heterocycles. The SMILES string of the molecule is CC(=O)N1CC[NH+]([C@H](C)C(=O)Nc2ccc(C#N)cc2)CC1. The Morgan fingerprint density at radius 3 is 2.36 bits per heavy atom. The Bertz CT molecular complexity index is 583. The highest BCUT2D eigenvalue weighted by Gasteiger charge is 2.29. The second-order valence-corrected chi connectivity index (χ2v) is 5.56. The Balaban J connectivity index is 1.89. The maximum Gasteiger partial charge on any atom is 0.282 e. The first-order valence-corrected chi connectivity index (χ1v) is 7.42. The van der Waals surface area contributed by atoms with Gasteiger partial charge >= 0.3 is 0 Å². The Labute approximate surface area is 130 Å². The molecule has 0 bridgehead atoms. The van der Waals surface area contributed by atoms with E-state index in [1.54, 1.807) is 31.2 Å². The first-order chi connectivity index (χ1) is 10.5. The van der Waals surface area contributed by atoms with Crippen LogP contribution < -0.4 is 10.2 Å². The van der Waals surface area contributed by atoms with Gasteiger partial charge in [-0.25, -0.2) is 0 Å². The van der Waals surface area contributed by atoms with Crippen molar-refractivity contribution in [2.24, 2.45) is 0 Å². The molecule has 1 fully saturated rings. The quantitative estimate of drug-likeness (QED) is 0.800. The second-order valence-electron chi connectivity index (χ2n) is 5.56. The van der Waals surface area contributed by atoms with Crippen LogP contribution in [0.3, 0.4) is 0 Å². The number of hydrogen-bond donors (Lipinski definition) is 2. The molecule has 1 aromatic carbocycles. The number of rotatable bonds is 3. The highest BCUT2D eigenvalue weighted by Crippen LogP contribution is 2.08. The van der Waals surface area contributed by atoms with E-state index < -0.39 is 0 Å². The maximum atomic E-state index is 12.3. The number of quaternary nitrogens is 1. The number of hydrogen-bond acceptors (Lipinski definition) is 3. The minimum atomic E-state index is -0.176. The van der Waals surface area contributed by atoms with Gasteiger partial charge in [-0.3, -0.25) is 9.59 Å². The fourth-order valence-electron chi connectivity index (χ4n) is 2.61. The zero-order valence-electron chi connectivity index (χ0n) is 12.9. The maximum absolute atomic E-state index is 12.3. The van der Waals surface area contributed by atoms with Crippen molar-refractivity contribution in [3.63, 3.8) is 0 Å². The number of nitriles is 1. The topological polar surface area (TPSA) is 77.6 Å². The summed E-state index contributed by atoms with van der Waals surface area (Å²) in [4.78, 5) is 26.6. The molecule has 0 saturated carbocycles. The fourth-order valence-corrected chi connectivity index (χ4v) is 2.61. The van der Waals surface area contributed by atoms with Crippen LogP contribution in [-0.2, 0) is 9.59 Å². The second kappa shape index (κ2) is 7.05. The van der Waals surface area contributed by atoms with Crippen molar-refractivity contribution < 1.29 is 14.5 Å². The minimum absolute atomic E-state index is 0.0454. The summed E-state index contributed by atoms with van der Waals surface area (Å²) < 4.78 is 0. The predicted molar refractivity (Wildman–Crippen MR) is 82.2 cm³/mol. The van der Waals surface area contributed by atoms with Crippen molar-refractivity contribution in [2.45, 2.75) is 19.9 Å². The predicted octanol–water partition coefficient (Wildman–Crippen LogP) is -0.368. The van der Waals surface area contributed by atoms with Crippen LogP contribution in [0, 0.1) is 11.3 Å². The first-order valence-electron chi connectivity index (χ1n) is 7.42. The highest BCUT2D eigenvalue weighted by atomic mass is 16.2. The van der Waals surface area contributed by atoms with Gasteiger partial charge in [0.2, 0.25) is 5.91 Å². The van der Waals surface area contributed by atoms with Crippen LogP contribution in [0.2, 0.25) is 0 Å². The number of nitrogens with one attached hydrogen (secondary N) is 2. The molecule has 1 atom stereocenters. The molecule has 6 heteroatoms. The smallest absolute Gasteiger partial charge is 0.282 e. The van der Waals surface area contributed by atoms with Gasteiger partial charge in [0.15, 0.2) is 6.04 Å². The van der Waals surface area contributed by atoms with Gasteiger partial charge in [-0.15, -0.1) is 0 Å². The normalized spacial score (nSPS) is 16.7. The van der Waals surface area contributed by atoms with Gasteiger partial charge in [-0.05, 0) is 31.2 Å². The van der Waals surface area contributed by atoms with Gasteiger partial charge in [0.1, 0.15) is 0 Å². The molecule has 0 spiro atoms. The third-order valence-corrected chi connectivity index (χ3v) is 4.14. The first kappa shape index (κ1) is 16.0. The summed E-state index contributed by atoms with van der Waals surface area (Å²) in [6.07, 6.45) is 0.